The Labute approximate surface area is 243 Å². The Morgan fingerprint density at radius 1 is 1.19 bits per heavy atom. The molecule has 0 aliphatic carbocycles. The summed E-state index contributed by atoms with van der Waals surface area (Å²) in [5.41, 5.74) is -0.776. The van der Waals surface area contributed by atoms with Crippen LogP contribution in [0.3, 0.4) is 0 Å². The van der Waals surface area contributed by atoms with Crippen LogP contribution >= 0.6 is 0 Å². The van der Waals surface area contributed by atoms with E-state index in [1.54, 1.807) is 12.1 Å². The fourth-order valence-electron chi connectivity index (χ4n) is 5.43. The third-order valence-corrected chi connectivity index (χ3v) is 7.98. The first kappa shape index (κ1) is 30.5. The predicted octanol–water partition coefficient (Wildman–Crippen LogP) is 3.12. The van der Waals surface area contributed by atoms with Crippen LogP contribution in [0.25, 0.3) is 5.76 Å². The molecule has 224 valence electrons. The van der Waals surface area contributed by atoms with Crippen molar-refractivity contribution < 1.29 is 29.1 Å². The second-order valence-corrected chi connectivity index (χ2v) is 10.6. The maximum absolute atomic E-state index is 15.2. The molecule has 42 heavy (non-hydrogen) atoms. The highest BCUT2D eigenvalue weighted by Crippen LogP contribution is 2.39. The molecule has 0 spiro atoms. The third-order valence-electron chi connectivity index (χ3n) is 7.98. The molecule has 2 aliphatic heterocycles. The lowest BCUT2D eigenvalue weighted by molar-refractivity contribution is -0.386. The highest BCUT2D eigenvalue weighted by Gasteiger charge is 2.28. The number of ether oxygens (including phenoxy) is 1. The van der Waals surface area contributed by atoms with Crippen molar-refractivity contribution in [1.29, 1.82) is 5.26 Å². The summed E-state index contributed by atoms with van der Waals surface area (Å²) in [6.07, 6.45) is 2.01. The van der Waals surface area contributed by atoms with Crippen LogP contribution in [0.4, 0.5) is 15.8 Å². The average Bonchev–Trinajstić information content (AvgIpc) is 2.98. The van der Waals surface area contributed by atoms with Gasteiger partial charge in [-0.05, 0) is 38.1 Å². The molecule has 0 atom stereocenters. The minimum Gasteiger partial charge on any atom is -0.506 e. The van der Waals surface area contributed by atoms with Crippen LogP contribution in [-0.2, 0) is 11.3 Å². The number of nitriles is 1. The minimum atomic E-state index is -0.917. The quantitative estimate of drug-likeness (QED) is 0.156. The molecule has 12 nitrogen and oxygen atoms in total. The van der Waals surface area contributed by atoms with Gasteiger partial charge in [0, 0.05) is 81.8 Å². The van der Waals surface area contributed by atoms with Crippen molar-refractivity contribution >= 4 is 23.0 Å². The zero-order valence-electron chi connectivity index (χ0n) is 23.9. The number of phenols is 1. The SMILES string of the molecule is COc1cc(/C(O)=C(\C#N)C(=O)N(C)Cc2ccc(N3CCC(N4CCN(C)CC4)CC3)cc2F)cc([N+](=O)[O-])c1O. The molecule has 0 unspecified atom stereocenters. The average molecular weight is 583 g/mol. The second-order valence-electron chi connectivity index (χ2n) is 10.6. The zero-order valence-corrected chi connectivity index (χ0v) is 23.9. The molecule has 0 aromatic heterocycles. The maximum atomic E-state index is 15.2. The van der Waals surface area contributed by atoms with Crippen molar-refractivity contribution in [1.82, 2.24) is 14.7 Å². The number of nitro groups is 1. The number of nitrogens with zero attached hydrogens (tertiary/aromatic N) is 6. The lowest BCUT2D eigenvalue weighted by Crippen LogP contribution is -2.52. The lowest BCUT2D eigenvalue weighted by Gasteiger charge is -2.42. The van der Waals surface area contributed by atoms with Crippen molar-refractivity contribution in [2.45, 2.75) is 25.4 Å². The highest BCUT2D eigenvalue weighted by molar-refractivity contribution is 6.03. The van der Waals surface area contributed by atoms with Crippen molar-refractivity contribution in [3.8, 4) is 17.6 Å². The van der Waals surface area contributed by atoms with E-state index in [2.05, 4.69) is 21.7 Å². The van der Waals surface area contributed by atoms with Gasteiger partial charge in [-0.25, -0.2) is 4.39 Å². The van der Waals surface area contributed by atoms with Crippen LogP contribution in [0.1, 0.15) is 24.0 Å². The summed E-state index contributed by atoms with van der Waals surface area (Å²) in [5.74, 6) is -3.35. The van der Waals surface area contributed by atoms with E-state index in [0.29, 0.717) is 6.04 Å². The Morgan fingerprint density at radius 2 is 1.86 bits per heavy atom. The van der Waals surface area contributed by atoms with Gasteiger partial charge in [0.1, 0.15) is 17.6 Å². The number of methoxy groups -OCH3 is 1. The summed E-state index contributed by atoms with van der Waals surface area (Å²) in [4.78, 5) is 31.6. The molecule has 2 fully saturated rings. The van der Waals surface area contributed by atoms with E-state index in [4.69, 9.17) is 4.74 Å². The summed E-state index contributed by atoms with van der Waals surface area (Å²) in [6, 6.07) is 8.91. The Morgan fingerprint density at radius 3 is 2.43 bits per heavy atom. The molecule has 2 N–H and O–H groups in total. The number of benzene rings is 2. The van der Waals surface area contributed by atoms with E-state index < -0.39 is 39.4 Å². The van der Waals surface area contributed by atoms with Crippen LogP contribution < -0.4 is 9.64 Å². The van der Waals surface area contributed by atoms with E-state index in [9.17, 15) is 30.4 Å². The number of phenolic OH excluding ortho intramolecular Hbond substituents is 1. The predicted molar refractivity (Wildman–Crippen MR) is 154 cm³/mol. The van der Waals surface area contributed by atoms with Gasteiger partial charge in [0.05, 0.1) is 12.0 Å². The Kier molecular flexibility index (Phi) is 9.49. The standard InChI is InChI=1S/C29H35FN6O6/c1-32-10-12-35(13-11-32)21-6-8-34(9-7-21)22-5-4-19(24(30)16-22)18-33(2)29(39)23(17-31)27(37)20-14-25(36(40)41)28(38)26(15-20)42-3/h4-5,14-16,21,37-38H,6-13,18H2,1-3H3/b27-23-. The number of halogens is 1. The van der Waals surface area contributed by atoms with E-state index in [1.165, 1.54) is 13.1 Å². The number of hydrogen-bond donors (Lipinski definition) is 2. The fourth-order valence-corrected chi connectivity index (χ4v) is 5.43. The first-order valence-corrected chi connectivity index (χ1v) is 13.6. The molecule has 2 heterocycles. The van der Waals surface area contributed by atoms with Crippen LogP contribution in [0.15, 0.2) is 35.9 Å². The number of likely N-dealkylation sites (N-methyl/N-ethyl adjacent to an activating group) is 2. The van der Waals surface area contributed by atoms with E-state index in [1.807, 2.05) is 6.07 Å². The number of aliphatic hydroxyl groups excluding tert-OH is 1. The number of nitro benzene ring substituents is 1. The van der Waals surface area contributed by atoms with Gasteiger partial charge >= 0.3 is 5.69 Å². The van der Waals surface area contributed by atoms with Gasteiger partial charge in [-0.1, -0.05) is 6.07 Å². The molecule has 2 aromatic rings. The molecule has 2 aliphatic rings. The number of carbonyl (C=O) groups excluding carboxylic acids is 1. The summed E-state index contributed by atoms with van der Waals surface area (Å²) < 4.78 is 20.1. The highest BCUT2D eigenvalue weighted by atomic mass is 19.1. The third kappa shape index (κ3) is 6.56. The first-order chi connectivity index (χ1) is 20.0. The Bertz CT molecular complexity index is 1410. The van der Waals surface area contributed by atoms with E-state index >= 15 is 4.39 Å². The second kappa shape index (κ2) is 13.1. The van der Waals surface area contributed by atoms with Gasteiger partial charge in [-0.3, -0.25) is 19.8 Å². The van der Waals surface area contributed by atoms with Gasteiger partial charge in [0.15, 0.2) is 11.3 Å². The molecule has 13 heteroatoms. The number of piperazine rings is 1. The molecule has 1 amide bonds. The number of carbonyl (C=O) groups is 1. The first-order valence-electron chi connectivity index (χ1n) is 13.6. The number of hydrogen-bond acceptors (Lipinski definition) is 10. The van der Waals surface area contributed by atoms with Crippen molar-refractivity contribution in [3.05, 3.63) is 63.0 Å². The number of amides is 1. The molecule has 0 saturated carbocycles. The van der Waals surface area contributed by atoms with Crippen molar-refractivity contribution in [3.63, 3.8) is 0 Å². The summed E-state index contributed by atoms with van der Waals surface area (Å²) in [5, 5.41) is 41.6. The summed E-state index contributed by atoms with van der Waals surface area (Å²) >= 11 is 0. The number of rotatable bonds is 8. The molecule has 2 saturated heterocycles. The number of piperidine rings is 1. The van der Waals surface area contributed by atoms with Gasteiger partial charge in [-0.15, -0.1) is 0 Å². The molecule has 0 radical (unpaired) electrons. The molecule has 2 aromatic carbocycles. The number of anilines is 1. The summed E-state index contributed by atoms with van der Waals surface area (Å²) in [7, 11) is 4.65. The van der Waals surface area contributed by atoms with Crippen LogP contribution in [-0.4, -0.2) is 102 Å². The number of aromatic hydroxyl groups is 1. The topological polar surface area (TPSA) is 147 Å². The summed E-state index contributed by atoms with van der Waals surface area (Å²) in [6.45, 7) is 5.74. The Hall–Kier alpha value is -4.41. The molecular weight excluding hydrogens is 547 g/mol. The maximum Gasteiger partial charge on any atom is 0.315 e. The molecule has 0 bridgehead atoms. The molecule has 4 rings (SSSR count). The Balaban J connectivity index is 1.44. The van der Waals surface area contributed by atoms with Crippen molar-refractivity contribution in [2.24, 2.45) is 0 Å². The van der Waals surface area contributed by atoms with E-state index in [-0.39, 0.29) is 23.4 Å². The van der Waals surface area contributed by atoms with E-state index in [0.717, 1.165) is 81.9 Å². The smallest absolute Gasteiger partial charge is 0.315 e. The van der Waals surface area contributed by atoms with Crippen LogP contribution in [0, 0.1) is 27.3 Å². The zero-order chi connectivity index (χ0) is 30.6. The monoisotopic (exact) mass is 582 g/mol. The van der Waals surface area contributed by atoms with Gasteiger partial charge in [0.25, 0.3) is 5.91 Å². The van der Waals surface area contributed by atoms with Crippen LogP contribution in [0.2, 0.25) is 0 Å². The molecular formula is C29H35FN6O6. The number of aliphatic hydroxyl groups is 1. The van der Waals surface area contributed by atoms with Gasteiger partial charge < -0.3 is 29.6 Å². The van der Waals surface area contributed by atoms with Crippen molar-refractivity contribution in [2.75, 3.05) is 65.4 Å². The lowest BCUT2D eigenvalue weighted by atomic mass is 10.0. The van der Waals surface area contributed by atoms with Gasteiger partial charge in [-0.2, -0.15) is 5.26 Å². The van der Waals surface area contributed by atoms with Gasteiger partial charge in [0.2, 0.25) is 5.75 Å². The largest absolute Gasteiger partial charge is 0.506 e. The van der Waals surface area contributed by atoms with Crippen LogP contribution in [0.5, 0.6) is 11.5 Å². The minimum absolute atomic E-state index is 0.187. The fraction of sp³-hybridized carbons (Fsp3) is 0.448. The normalized spacial score (nSPS) is 17.4.